The van der Waals surface area contributed by atoms with Crippen LogP contribution in [0.1, 0.15) is 24.5 Å². The molecule has 1 aromatic carbocycles. The molecule has 0 aliphatic heterocycles. The van der Waals surface area contributed by atoms with Crippen molar-refractivity contribution in [1.82, 2.24) is 4.90 Å². The lowest BCUT2D eigenvalue weighted by molar-refractivity contribution is -0.119. The quantitative estimate of drug-likeness (QED) is 0.754. The number of ketones is 1. The average molecular weight is 260 g/mol. The van der Waals surface area contributed by atoms with Crippen LogP contribution in [0.4, 0.5) is 0 Å². The Balaban J connectivity index is 2.74. The topological polar surface area (TPSA) is 53.3 Å². The summed E-state index contributed by atoms with van der Waals surface area (Å²) in [5.41, 5.74) is 2.31. The number of benzene rings is 1. The maximum atomic E-state index is 11.4. The first kappa shape index (κ1) is 15.2. The summed E-state index contributed by atoms with van der Waals surface area (Å²) < 4.78 is 5.33. The van der Waals surface area contributed by atoms with Crippen LogP contribution in [0.25, 0.3) is 0 Å². The van der Waals surface area contributed by atoms with E-state index in [-0.39, 0.29) is 18.7 Å². The number of likely N-dealkylation sites (N-methyl/N-ethyl adjacent to an activating group) is 1. The molecule has 0 aliphatic carbocycles. The number of aryl methyl sites for hydroxylation is 1. The van der Waals surface area contributed by atoms with Crippen molar-refractivity contribution >= 4 is 5.78 Å². The second kappa shape index (κ2) is 7.55. The van der Waals surface area contributed by atoms with Crippen molar-refractivity contribution < 1.29 is 9.53 Å². The molecule has 102 valence electrons. The molecule has 0 saturated heterocycles. The fraction of sp³-hybridized carbons (Fsp3) is 0.467. The Bertz CT molecular complexity index is 478. The molecule has 0 aromatic heterocycles. The van der Waals surface area contributed by atoms with Crippen LogP contribution >= 0.6 is 0 Å². The zero-order valence-electron chi connectivity index (χ0n) is 11.8. The molecule has 0 atom stereocenters. The maximum Gasteiger partial charge on any atom is 0.160 e. The standard InChI is InChI=1S/C15H20N2O2/c1-4-12-5-6-15(19-3)13(9-12)10-17(2)11-14(18)7-8-16/h5-6,9H,4,7,10-11H2,1-3H3. The second-order valence-corrected chi connectivity index (χ2v) is 4.55. The predicted octanol–water partition coefficient (Wildman–Crippen LogP) is 2.17. The number of rotatable bonds is 7. The molecule has 4 nitrogen and oxygen atoms in total. The molecule has 0 bridgehead atoms. The third-order valence-corrected chi connectivity index (χ3v) is 2.92. The van der Waals surface area contributed by atoms with Crippen LogP contribution < -0.4 is 4.74 Å². The first-order chi connectivity index (χ1) is 9.10. The zero-order valence-corrected chi connectivity index (χ0v) is 11.8. The van der Waals surface area contributed by atoms with Crippen molar-refractivity contribution in [3.05, 3.63) is 29.3 Å². The van der Waals surface area contributed by atoms with E-state index in [9.17, 15) is 4.79 Å². The maximum absolute atomic E-state index is 11.4. The van der Waals surface area contributed by atoms with Gasteiger partial charge in [-0.2, -0.15) is 5.26 Å². The van der Waals surface area contributed by atoms with Crippen molar-refractivity contribution in [2.24, 2.45) is 0 Å². The molecule has 19 heavy (non-hydrogen) atoms. The highest BCUT2D eigenvalue weighted by atomic mass is 16.5. The summed E-state index contributed by atoms with van der Waals surface area (Å²) in [5.74, 6) is 0.771. The summed E-state index contributed by atoms with van der Waals surface area (Å²) >= 11 is 0. The minimum Gasteiger partial charge on any atom is -0.496 e. The molecule has 0 aliphatic rings. The highest BCUT2D eigenvalue weighted by Crippen LogP contribution is 2.21. The van der Waals surface area contributed by atoms with Crippen LogP contribution in [0.15, 0.2) is 18.2 Å². The average Bonchev–Trinajstić information content (AvgIpc) is 2.38. The predicted molar refractivity (Wildman–Crippen MR) is 73.9 cm³/mol. The Morgan fingerprint density at radius 1 is 1.47 bits per heavy atom. The number of methoxy groups -OCH3 is 1. The molecule has 4 heteroatoms. The smallest absolute Gasteiger partial charge is 0.160 e. The Hall–Kier alpha value is -1.86. The van der Waals surface area contributed by atoms with Gasteiger partial charge in [0.25, 0.3) is 0 Å². The van der Waals surface area contributed by atoms with Crippen molar-refractivity contribution in [2.75, 3.05) is 20.7 Å². The Morgan fingerprint density at radius 2 is 2.21 bits per heavy atom. The Labute approximate surface area is 114 Å². The molecule has 0 saturated carbocycles. The van der Waals surface area contributed by atoms with Gasteiger partial charge in [0, 0.05) is 12.1 Å². The number of ether oxygens (including phenoxy) is 1. The van der Waals surface area contributed by atoms with Gasteiger partial charge in [-0.1, -0.05) is 19.1 Å². The minimum atomic E-state index is -0.0596. The summed E-state index contributed by atoms with van der Waals surface area (Å²) in [6.45, 7) is 3.02. The van der Waals surface area contributed by atoms with Gasteiger partial charge in [0.1, 0.15) is 5.75 Å². The van der Waals surface area contributed by atoms with E-state index < -0.39 is 0 Å². The summed E-state index contributed by atoms with van der Waals surface area (Å²) in [5, 5.41) is 8.48. The minimum absolute atomic E-state index is 0.0313. The molecule has 0 heterocycles. The molecule has 1 aromatic rings. The molecule has 0 unspecified atom stereocenters. The Kier molecular flexibility index (Phi) is 6.04. The van der Waals surface area contributed by atoms with Gasteiger partial charge < -0.3 is 4.74 Å². The van der Waals surface area contributed by atoms with E-state index in [1.54, 1.807) is 7.11 Å². The zero-order chi connectivity index (χ0) is 14.3. The molecule has 1 rings (SSSR count). The van der Waals surface area contributed by atoms with Crippen LogP contribution in [-0.4, -0.2) is 31.4 Å². The van der Waals surface area contributed by atoms with Gasteiger partial charge in [-0.3, -0.25) is 9.69 Å². The first-order valence-electron chi connectivity index (χ1n) is 6.33. The number of nitrogens with zero attached hydrogens (tertiary/aromatic N) is 2. The van der Waals surface area contributed by atoms with Crippen LogP contribution in [0, 0.1) is 11.3 Å². The summed E-state index contributed by atoms with van der Waals surface area (Å²) in [6, 6.07) is 7.98. The van der Waals surface area contributed by atoms with E-state index in [0.29, 0.717) is 6.54 Å². The fourth-order valence-electron chi connectivity index (χ4n) is 1.97. The lowest BCUT2D eigenvalue weighted by atomic mass is 10.1. The Morgan fingerprint density at radius 3 is 2.79 bits per heavy atom. The van der Waals surface area contributed by atoms with Gasteiger partial charge >= 0.3 is 0 Å². The summed E-state index contributed by atoms with van der Waals surface area (Å²) in [4.78, 5) is 13.3. The first-order valence-corrected chi connectivity index (χ1v) is 6.33. The van der Waals surface area contributed by atoms with Crippen molar-refractivity contribution in [2.45, 2.75) is 26.3 Å². The van der Waals surface area contributed by atoms with Gasteiger partial charge in [-0.15, -0.1) is 0 Å². The fourth-order valence-corrected chi connectivity index (χ4v) is 1.97. The highest BCUT2D eigenvalue weighted by Gasteiger charge is 2.10. The molecular formula is C15H20N2O2. The van der Waals surface area contributed by atoms with Gasteiger partial charge in [-0.05, 0) is 25.1 Å². The van der Waals surface area contributed by atoms with Crippen molar-refractivity contribution in [3.63, 3.8) is 0 Å². The molecule has 0 spiro atoms. The number of carbonyl (C=O) groups is 1. The highest BCUT2D eigenvalue weighted by molar-refractivity contribution is 5.82. The van der Waals surface area contributed by atoms with E-state index in [4.69, 9.17) is 10.00 Å². The van der Waals surface area contributed by atoms with Crippen LogP contribution in [0.5, 0.6) is 5.75 Å². The summed E-state index contributed by atoms with van der Waals surface area (Å²) in [6.07, 6.45) is 0.935. The number of nitriles is 1. The lowest BCUT2D eigenvalue weighted by Gasteiger charge is -2.18. The molecule has 0 N–H and O–H groups in total. The van der Waals surface area contributed by atoms with Crippen molar-refractivity contribution in [3.8, 4) is 11.8 Å². The van der Waals surface area contributed by atoms with Crippen molar-refractivity contribution in [1.29, 1.82) is 5.26 Å². The summed E-state index contributed by atoms with van der Waals surface area (Å²) in [7, 11) is 3.51. The molecule has 0 amide bonds. The van der Waals surface area contributed by atoms with Crippen LogP contribution in [0.3, 0.4) is 0 Å². The normalized spacial score (nSPS) is 10.3. The number of carbonyl (C=O) groups excluding carboxylic acids is 1. The lowest BCUT2D eigenvalue weighted by Crippen LogP contribution is -2.25. The number of Topliss-reactive ketones (excluding diaryl/α,β-unsaturated/α-hetero) is 1. The van der Waals surface area contributed by atoms with Crippen LogP contribution in [-0.2, 0) is 17.8 Å². The largest absolute Gasteiger partial charge is 0.496 e. The van der Waals surface area contributed by atoms with E-state index in [1.165, 1.54) is 5.56 Å². The third-order valence-electron chi connectivity index (χ3n) is 2.92. The number of hydrogen-bond donors (Lipinski definition) is 0. The third kappa shape index (κ3) is 4.72. The number of hydrogen-bond acceptors (Lipinski definition) is 4. The van der Waals surface area contributed by atoms with Gasteiger partial charge in [0.15, 0.2) is 5.78 Å². The van der Waals surface area contributed by atoms with Gasteiger partial charge in [-0.25, -0.2) is 0 Å². The van der Waals surface area contributed by atoms with E-state index in [2.05, 4.69) is 13.0 Å². The van der Waals surface area contributed by atoms with E-state index in [1.807, 2.05) is 30.1 Å². The molecule has 0 radical (unpaired) electrons. The van der Waals surface area contributed by atoms with Gasteiger partial charge in [0.2, 0.25) is 0 Å². The molecule has 0 fully saturated rings. The monoisotopic (exact) mass is 260 g/mol. The molecular weight excluding hydrogens is 240 g/mol. The van der Waals surface area contributed by atoms with E-state index >= 15 is 0 Å². The van der Waals surface area contributed by atoms with Crippen LogP contribution in [0.2, 0.25) is 0 Å². The second-order valence-electron chi connectivity index (χ2n) is 4.55. The van der Waals surface area contributed by atoms with E-state index in [0.717, 1.165) is 17.7 Å². The van der Waals surface area contributed by atoms with Gasteiger partial charge in [0.05, 0.1) is 26.1 Å². The SMILES string of the molecule is CCc1ccc(OC)c(CN(C)CC(=O)CC#N)c1.